The van der Waals surface area contributed by atoms with Crippen molar-refractivity contribution in [3.8, 4) is 11.5 Å². The van der Waals surface area contributed by atoms with E-state index in [9.17, 15) is 9.59 Å². The van der Waals surface area contributed by atoms with Crippen LogP contribution in [0.15, 0.2) is 42.5 Å². The van der Waals surface area contributed by atoms with Crippen molar-refractivity contribution in [2.24, 2.45) is 0 Å². The van der Waals surface area contributed by atoms with Crippen LogP contribution in [0.5, 0.6) is 11.5 Å². The first kappa shape index (κ1) is 17.6. The fourth-order valence-corrected chi connectivity index (χ4v) is 2.24. The molecule has 0 saturated carbocycles. The minimum atomic E-state index is -0.414. The predicted octanol–water partition coefficient (Wildman–Crippen LogP) is 2.73. The maximum atomic E-state index is 12.0. The lowest BCUT2D eigenvalue weighted by Crippen LogP contribution is -2.33. The lowest BCUT2D eigenvalue weighted by molar-refractivity contribution is -0.115. The van der Waals surface area contributed by atoms with Crippen LogP contribution in [0.25, 0.3) is 0 Å². The summed E-state index contributed by atoms with van der Waals surface area (Å²) in [4.78, 5) is 24.0. The summed E-state index contributed by atoms with van der Waals surface area (Å²) in [5.41, 5.74) is 0.850. The summed E-state index contributed by atoms with van der Waals surface area (Å²) >= 11 is 5.94. The molecule has 0 aliphatic rings. The predicted molar refractivity (Wildman–Crippen MR) is 92.0 cm³/mol. The summed E-state index contributed by atoms with van der Waals surface area (Å²) in [6.07, 6.45) is 0. The third-order valence-electron chi connectivity index (χ3n) is 3.20. The van der Waals surface area contributed by atoms with Gasteiger partial charge in [0.1, 0.15) is 0 Å². The summed E-state index contributed by atoms with van der Waals surface area (Å²) in [6.45, 7) is -0.182. The Balaban J connectivity index is 1.94. The Morgan fingerprint density at radius 3 is 2.42 bits per heavy atom. The number of halogens is 1. The van der Waals surface area contributed by atoms with Gasteiger partial charge in [0, 0.05) is 11.8 Å². The summed E-state index contributed by atoms with van der Waals surface area (Å²) < 4.78 is 10.3. The molecule has 126 valence electrons. The van der Waals surface area contributed by atoms with E-state index in [2.05, 4.69) is 10.6 Å². The zero-order valence-corrected chi connectivity index (χ0v) is 14.0. The zero-order chi connectivity index (χ0) is 17.5. The number of carbonyl (C=O) groups is 2. The Hall–Kier alpha value is -2.73. The second-order valence-electron chi connectivity index (χ2n) is 4.78. The van der Waals surface area contributed by atoms with E-state index >= 15 is 0 Å². The fourth-order valence-electron chi connectivity index (χ4n) is 2.02. The second kappa shape index (κ2) is 8.21. The molecule has 0 aliphatic carbocycles. The van der Waals surface area contributed by atoms with Crippen molar-refractivity contribution in [3.05, 3.63) is 53.1 Å². The van der Waals surface area contributed by atoms with Crippen molar-refractivity contribution < 1.29 is 19.1 Å². The molecular weight excluding hydrogens is 332 g/mol. The Labute approximate surface area is 144 Å². The molecule has 0 atom stereocenters. The molecule has 2 amide bonds. The fraction of sp³-hybridized carbons (Fsp3) is 0.176. The van der Waals surface area contributed by atoms with Crippen molar-refractivity contribution in [1.29, 1.82) is 0 Å². The van der Waals surface area contributed by atoms with Gasteiger partial charge in [-0.1, -0.05) is 23.7 Å². The smallest absolute Gasteiger partial charge is 0.253 e. The van der Waals surface area contributed by atoms with Crippen LogP contribution in [0.4, 0.5) is 5.69 Å². The van der Waals surface area contributed by atoms with Crippen LogP contribution < -0.4 is 20.1 Å². The van der Waals surface area contributed by atoms with E-state index in [0.29, 0.717) is 27.8 Å². The van der Waals surface area contributed by atoms with Crippen molar-refractivity contribution in [1.82, 2.24) is 5.32 Å². The van der Waals surface area contributed by atoms with E-state index < -0.39 is 5.91 Å². The molecule has 2 N–H and O–H groups in total. The lowest BCUT2D eigenvalue weighted by Gasteiger charge is -2.11. The molecule has 0 saturated heterocycles. The number of ether oxygens (including phenoxy) is 2. The Kier molecular flexibility index (Phi) is 6.03. The maximum absolute atomic E-state index is 12.0. The first-order chi connectivity index (χ1) is 11.5. The SMILES string of the molecule is COc1ccc(NC(=O)CNC(=O)c2ccccc2Cl)cc1OC. The normalized spacial score (nSPS) is 9.96. The number of benzene rings is 2. The minimum Gasteiger partial charge on any atom is -0.493 e. The van der Waals surface area contributed by atoms with Crippen molar-refractivity contribution in [2.75, 3.05) is 26.1 Å². The van der Waals surface area contributed by atoms with Gasteiger partial charge < -0.3 is 20.1 Å². The van der Waals surface area contributed by atoms with Gasteiger partial charge in [-0.15, -0.1) is 0 Å². The molecule has 0 heterocycles. The Morgan fingerprint density at radius 1 is 1.04 bits per heavy atom. The second-order valence-corrected chi connectivity index (χ2v) is 5.19. The molecule has 2 aromatic carbocycles. The van der Waals surface area contributed by atoms with E-state index in [4.69, 9.17) is 21.1 Å². The summed E-state index contributed by atoms with van der Waals surface area (Å²) in [5, 5.41) is 5.52. The van der Waals surface area contributed by atoms with E-state index in [1.165, 1.54) is 14.2 Å². The van der Waals surface area contributed by atoms with Crippen LogP contribution >= 0.6 is 11.6 Å². The number of rotatable bonds is 6. The Bertz CT molecular complexity index is 749. The van der Waals surface area contributed by atoms with Gasteiger partial charge in [0.2, 0.25) is 5.91 Å². The quantitative estimate of drug-likeness (QED) is 0.841. The van der Waals surface area contributed by atoms with Crippen molar-refractivity contribution >= 4 is 29.1 Å². The number of amides is 2. The van der Waals surface area contributed by atoms with Gasteiger partial charge in [-0.3, -0.25) is 9.59 Å². The topological polar surface area (TPSA) is 76.7 Å². The van der Waals surface area contributed by atoms with Crippen LogP contribution in [-0.2, 0) is 4.79 Å². The third-order valence-corrected chi connectivity index (χ3v) is 3.52. The van der Waals surface area contributed by atoms with Crippen LogP contribution in [0.3, 0.4) is 0 Å². The number of hydrogen-bond acceptors (Lipinski definition) is 4. The molecule has 0 aromatic heterocycles. The van der Waals surface area contributed by atoms with Gasteiger partial charge in [0.15, 0.2) is 11.5 Å². The highest BCUT2D eigenvalue weighted by molar-refractivity contribution is 6.33. The molecule has 2 rings (SSSR count). The molecule has 0 radical (unpaired) electrons. The zero-order valence-electron chi connectivity index (χ0n) is 13.3. The van der Waals surface area contributed by atoms with Crippen LogP contribution in [0.1, 0.15) is 10.4 Å². The minimum absolute atomic E-state index is 0.182. The highest BCUT2D eigenvalue weighted by atomic mass is 35.5. The van der Waals surface area contributed by atoms with Gasteiger partial charge in [-0.25, -0.2) is 0 Å². The maximum Gasteiger partial charge on any atom is 0.253 e. The van der Waals surface area contributed by atoms with E-state index in [-0.39, 0.29) is 12.5 Å². The molecule has 0 spiro atoms. The standard InChI is InChI=1S/C17H17ClN2O4/c1-23-14-8-7-11(9-15(14)24-2)20-16(21)10-19-17(22)12-5-3-4-6-13(12)18/h3-9H,10H2,1-2H3,(H,19,22)(H,20,21). The number of nitrogens with one attached hydrogen (secondary N) is 2. The van der Waals surface area contributed by atoms with Crippen molar-refractivity contribution in [2.45, 2.75) is 0 Å². The van der Waals surface area contributed by atoms with Crippen LogP contribution in [0.2, 0.25) is 5.02 Å². The molecule has 24 heavy (non-hydrogen) atoms. The van der Waals surface area contributed by atoms with E-state index in [1.807, 2.05) is 0 Å². The van der Waals surface area contributed by atoms with Gasteiger partial charge >= 0.3 is 0 Å². The molecule has 0 fully saturated rings. The summed E-state index contributed by atoms with van der Waals surface area (Å²) in [7, 11) is 3.04. The number of carbonyl (C=O) groups excluding carboxylic acids is 2. The molecule has 6 nitrogen and oxygen atoms in total. The molecule has 0 unspecified atom stereocenters. The molecular formula is C17H17ClN2O4. The first-order valence-electron chi connectivity index (χ1n) is 7.09. The average Bonchev–Trinajstić information content (AvgIpc) is 2.60. The molecule has 7 heteroatoms. The number of hydrogen-bond donors (Lipinski definition) is 2. The summed E-state index contributed by atoms with van der Waals surface area (Å²) in [5.74, 6) is 0.267. The Morgan fingerprint density at radius 2 is 1.75 bits per heavy atom. The van der Waals surface area contributed by atoms with E-state index in [0.717, 1.165) is 0 Å². The largest absolute Gasteiger partial charge is 0.493 e. The van der Waals surface area contributed by atoms with Gasteiger partial charge in [0.05, 0.1) is 31.4 Å². The first-order valence-corrected chi connectivity index (χ1v) is 7.47. The monoisotopic (exact) mass is 348 g/mol. The van der Waals surface area contributed by atoms with Gasteiger partial charge in [-0.2, -0.15) is 0 Å². The third kappa shape index (κ3) is 4.39. The highest BCUT2D eigenvalue weighted by Crippen LogP contribution is 2.29. The highest BCUT2D eigenvalue weighted by Gasteiger charge is 2.12. The molecule has 2 aromatic rings. The van der Waals surface area contributed by atoms with Crippen LogP contribution in [0, 0.1) is 0 Å². The summed E-state index contributed by atoms with van der Waals surface area (Å²) in [6, 6.07) is 11.6. The average molecular weight is 349 g/mol. The molecule has 0 bridgehead atoms. The van der Waals surface area contributed by atoms with Crippen molar-refractivity contribution in [3.63, 3.8) is 0 Å². The number of anilines is 1. The number of methoxy groups -OCH3 is 2. The van der Waals surface area contributed by atoms with Gasteiger partial charge in [0.25, 0.3) is 5.91 Å². The van der Waals surface area contributed by atoms with Crippen LogP contribution in [-0.4, -0.2) is 32.6 Å². The van der Waals surface area contributed by atoms with E-state index in [1.54, 1.807) is 42.5 Å². The lowest BCUT2D eigenvalue weighted by atomic mass is 10.2. The van der Waals surface area contributed by atoms with Gasteiger partial charge in [-0.05, 0) is 24.3 Å². The molecule has 0 aliphatic heterocycles.